The van der Waals surface area contributed by atoms with Gasteiger partial charge in [0.05, 0.1) is 16.6 Å². The average molecular weight is 444 g/mol. The van der Waals surface area contributed by atoms with Crippen LogP contribution in [0.5, 0.6) is 5.88 Å². The molecule has 1 fully saturated rings. The fourth-order valence-corrected chi connectivity index (χ4v) is 4.18. The Hall–Kier alpha value is -3.81. The van der Waals surface area contributed by atoms with E-state index in [9.17, 15) is 9.90 Å². The van der Waals surface area contributed by atoms with Crippen molar-refractivity contribution in [3.8, 4) is 28.5 Å². The monoisotopic (exact) mass is 443 g/mol. The van der Waals surface area contributed by atoms with Gasteiger partial charge in [-0.05, 0) is 69.4 Å². The van der Waals surface area contributed by atoms with Crippen molar-refractivity contribution in [1.29, 1.82) is 0 Å². The molecule has 0 spiro atoms. The zero-order valence-corrected chi connectivity index (χ0v) is 18.6. The van der Waals surface area contributed by atoms with E-state index in [0.717, 1.165) is 33.7 Å². The molecule has 168 valence electrons. The van der Waals surface area contributed by atoms with Crippen LogP contribution >= 0.6 is 0 Å². The number of imidazole rings is 1. The molecule has 1 aliphatic carbocycles. The number of carbonyl (C=O) groups is 1. The molecule has 33 heavy (non-hydrogen) atoms. The molecule has 0 saturated heterocycles. The molecule has 4 aromatic heterocycles. The number of rotatable bonds is 5. The van der Waals surface area contributed by atoms with Gasteiger partial charge in [0.2, 0.25) is 5.88 Å². The number of carboxylic acid groups (broad SMARTS) is 1. The van der Waals surface area contributed by atoms with Gasteiger partial charge in [0.15, 0.2) is 5.65 Å². The molecule has 0 amide bonds. The number of hydrogen-bond donors (Lipinski definition) is 2. The normalized spacial score (nSPS) is 20.6. The highest BCUT2D eigenvalue weighted by Crippen LogP contribution is 2.37. The van der Waals surface area contributed by atoms with Crippen LogP contribution in [-0.4, -0.2) is 42.1 Å². The van der Waals surface area contributed by atoms with Gasteiger partial charge in [-0.2, -0.15) is 0 Å². The summed E-state index contributed by atoms with van der Waals surface area (Å²) in [6, 6.07) is 9.70. The molecule has 8 heteroatoms. The molecule has 0 bridgehead atoms. The molecule has 2 N–H and O–H groups in total. The zero-order valence-electron chi connectivity index (χ0n) is 18.6. The minimum Gasteiger partial charge on any atom is -0.481 e. The first-order valence-corrected chi connectivity index (χ1v) is 11.0. The molecule has 0 aromatic carbocycles. The lowest BCUT2D eigenvalue weighted by atomic mass is 9.75. The van der Waals surface area contributed by atoms with Gasteiger partial charge in [-0.3, -0.25) is 9.78 Å². The molecule has 4 aromatic rings. The van der Waals surface area contributed by atoms with Crippen molar-refractivity contribution in [1.82, 2.24) is 24.9 Å². The van der Waals surface area contributed by atoms with E-state index in [-0.39, 0.29) is 6.10 Å². The Labute approximate surface area is 191 Å². The molecule has 4 heterocycles. The summed E-state index contributed by atoms with van der Waals surface area (Å²) in [5.41, 5.74) is 4.59. The summed E-state index contributed by atoms with van der Waals surface area (Å²) >= 11 is 0. The Bertz CT molecular complexity index is 1290. The van der Waals surface area contributed by atoms with E-state index >= 15 is 0 Å². The Morgan fingerprint density at radius 3 is 2.48 bits per heavy atom. The van der Waals surface area contributed by atoms with E-state index in [4.69, 9.17) is 4.74 Å². The van der Waals surface area contributed by atoms with Crippen molar-refractivity contribution in [2.24, 2.45) is 5.41 Å². The minimum absolute atomic E-state index is 0.00438. The van der Waals surface area contributed by atoms with Crippen LogP contribution in [0.1, 0.15) is 38.2 Å². The number of ether oxygens (including phenoxy) is 1. The van der Waals surface area contributed by atoms with E-state index in [1.165, 1.54) is 0 Å². The Morgan fingerprint density at radius 1 is 1.06 bits per heavy atom. The standard InChI is InChI=1S/C25H25N5O3/c1-15-11-20-23(28-12-15)30-22(29-20)17-3-5-19(26-14-17)16-4-6-21(27-13-16)33-18-7-9-25(2,10-8-18)24(31)32/h3-6,11-14,18H,7-10H2,1-2H3,(H,31,32)(H,28,29,30). The number of hydrogen-bond acceptors (Lipinski definition) is 6. The van der Waals surface area contributed by atoms with Crippen molar-refractivity contribution in [3.63, 3.8) is 0 Å². The molecule has 0 aliphatic heterocycles. The molecule has 0 radical (unpaired) electrons. The van der Waals surface area contributed by atoms with E-state index in [1.807, 2.05) is 44.2 Å². The van der Waals surface area contributed by atoms with Gasteiger partial charge in [0.1, 0.15) is 11.9 Å². The SMILES string of the molecule is Cc1cnc2nc(-c3ccc(-c4ccc(OC5CCC(C)(C(=O)O)CC5)nc4)nc3)[nH]c2c1. The third-order valence-corrected chi connectivity index (χ3v) is 6.38. The van der Waals surface area contributed by atoms with Crippen molar-refractivity contribution >= 4 is 17.1 Å². The molecule has 5 rings (SSSR count). The molecule has 1 aliphatic rings. The lowest BCUT2D eigenvalue weighted by Gasteiger charge is -2.33. The summed E-state index contributed by atoms with van der Waals surface area (Å²) in [6.45, 7) is 3.81. The Balaban J connectivity index is 1.25. The van der Waals surface area contributed by atoms with Crippen LogP contribution < -0.4 is 4.74 Å². The highest BCUT2D eigenvalue weighted by atomic mass is 16.5. The summed E-state index contributed by atoms with van der Waals surface area (Å²) in [5, 5.41) is 9.37. The molecule has 0 unspecified atom stereocenters. The van der Waals surface area contributed by atoms with Crippen LogP contribution in [-0.2, 0) is 4.79 Å². The van der Waals surface area contributed by atoms with Crippen LogP contribution in [0.25, 0.3) is 33.8 Å². The lowest BCUT2D eigenvalue weighted by Crippen LogP contribution is -2.36. The second kappa shape index (κ2) is 8.27. The molecule has 8 nitrogen and oxygen atoms in total. The number of fused-ring (bicyclic) bond motifs is 1. The largest absolute Gasteiger partial charge is 0.481 e. The lowest BCUT2D eigenvalue weighted by molar-refractivity contribution is -0.150. The van der Waals surface area contributed by atoms with E-state index in [0.29, 0.717) is 37.2 Å². The number of carboxylic acids is 1. The number of aryl methyl sites for hydroxylation is 1. The van der Waals surface area contributed by atoms with Crippen LogP contribution in [0, 0.1) is 12.3 Å². The zero-order chi connectivity index (χ0) is 23.0. The summed E-state index contributed by atoms with van der Waals surface area (Å²) in [6.07, 6.45) is 7.98. The molecular formula is C25H25N5O3. The van der Waals surface area contributed by atoms with Gasteiger partial charge >= 0.3 is 5.97 Å². The van der Waals surface area contributed by atoms with Crippen LogP contribution in [0.15, 0.2) is 48.9 Å². The maximum atomic E-state index is 11.4. The maximum absolute atomic E-state index is 11.4. The van der Waals surface area contributed by atoms with Crippen molar-refractivity contribution < 1.29 is 14.6 Å². The number of H-pyrrole nitrogens is 1. The maximum Gasteiger partial charge on any atom is 0.309 e. The second-order valence-corrected chi connectivity index (χ2v) is 8.97. The first kappa shape index (κ1) is 21.1. The summed E-state index contributed by atoms with van der Waals surface area (Å²) in [4.78, 5) is 32.6. The quantitative estimate of drug-likeness (QED) is 0.455. The first-order valence-electron chi connectivity index (χ1n) is 11.0. The number of aromatic amines is 1. The van der Waals surface area contributed by atoms with Gasteiger partial charge in [0.25, 0.3) is 0 Å². The fourth-order valence-electron chi connectivity index (χ4n) is 4.18. The topological polar surface area (TPSA) is 114 Å². The van der Waals surface area contributed by atoms with Gasteiger partial charge in [-0.15, -0.1) is 0 Å². The number of aliphatic carboxylic acids is 1. The fraction of sp³-hybridized carbons (Fsp3) is 0.320. The van der Waals surface area contributed by atoms with Gasteiger partial charge in [-0.1, -0.05) is 0 Å². The van der Waals surface area contributed by atoms with Gasteiger partial charge in [-0.25, -0.2) is 15.0 Å². The van der Waals surface area contributed by atoms with Gasteiger partial charge < -0.3 is 14.8 Å². The van der Waals surface area contributed by atoms with E-state index in [1.54, 1.807) is 18.6 Å². The minimum atomic E-state index is -0.728. The number of pyridine rings is 3. The highest BCUT2D eigenvalue weighted by molar-refractivity contribution is 5.76. The number of aromatic nitrogens is 5. The van der Waals surface area contributed by atoms with Crippen LogP contribution in [0.2, 0.25) is 0 Å². The van der Waals surface area contributed by atoms with Crippen LogP contribution in [0.3, 0.4) is 0 Å². The third kappa shape index (κ3) is 4.28. The van der Waals surface area contributed by atoms with Crippen molar-refractivity contribution in [2.45, 2.75) is 45.6 Å². The summed E-state index contributed by atoms with van der Waals surface area (Å²) in [5.74, 6) is 0.550. The predicted molar refractivity (Wildman–Crippen MR) is 124 cm³/mol. The van der Waals surface area contributed by atoms with Crippen molar-refractivity contribution in [2.75, 3.05) is 0 Å². The number of nitrogens with one attached hydrogen (secondary N) is 1. The van der Waals surface area contributed by atoms with Gasteiger partial charge in [0, 0.05) is 35.8 Å². The third-order valence-electron chi connectivity index (χ3n) is 6.38. The van der Waals surface area contributed by atoms with Crippen molar-refractivity contribution in [3.05, 3.63) is 54.5 Å². The Morgan fingerprint density at radius 2 is 1.82 bits per heavy atom. The highest BCUT2D eigenvalue weighted by Gasteiger charge is 2.38. The van der Waals surface area contributed by atoms with Crippen LogP contribution in [0.4, 0.5) is 0 Å². The average Bonchev–Trinajstić information content (AvgIpc) is 3.24. The molecule has 1 saturated carbocycles. The predicted octanol–water partition coefficient (Wildman–Crippen LogP) is 4.80. The van der Waals surface area contributed by atoms with E-state index < -0.39 is 11.4 Å². The number of nitrogens with zero attached hydrogens (tertiary/aromatic N) is 4. The first-order chi connectivity index (χ1) is 15.9. The second-order valence-electron chi connectivity index (χ2n) is 8.97. The Kier molecular flexibility index (Phi) is 5.28. The molecule has 0 atom stereocenters. The smallest absolute Gasteiger partial charge is 0.309 e. The van der Waals surface area contributed by atoms with E-state index in [2.05, 4.69) is 24.9 Å². The molecular weight excluding hydrogens is 418 g/mol. The summed E-state index contributed by atoms with van der Waals surface area (Å²) < 4.78 is 5.99. The summed E-state index contributed by atoms with van der Waals surface area (Å²) in [7, 11) is 0.